The van der Waals surface area contributed by atoms with Crippen LogP contribution in [0, 0.1) is 5.92 Å². The van der Waals surface area contributed by atoms with Gasteiger partial charge in [0, 0.05) is 19.3 Å². The first-order valence-corrected chi connectivity index (χ1v) is 12.3. The topological polar surface area (TPSA) is 245 Å². The Morgan fingerprint density at radius 1 is 0.744 bits per heavy atom. The Morgan fingerprint density at radius 3 is 1.74 bits per heavy atom. The molecule has 1 rings (SSSR count). The molecule has 0 fully saturated rings. The molecule has 1 aromatic carbocycles. The smallest absolute Gasteiger partial charge is 0.326 e. The van der Waals surface area contributed by atoms with Crippen LogP contribution in [-0.2, 0) is 35.2 Å². The molecule has 0 saturated heterocycles. The Hall–Kier alpha value is -4.20. The second-order valence-electron chi connectivity index (χ2n) is 9.49. The van der Waals surface area contributed by atoms with Crippen molar-refractivity contribution in [2.24, 2.45) is 11.7 Å². The van der Waals surface area contributed by atoms with Gasteiger partial charge in [-0.3, -0.25) is 24.0 Å². The monoisotopic (exact) mass is 552 g/mol. The van der Waals surface area contributed by atoms with Crippen LogP contribution >= 0.6 is 0 Å². The van der Waals surface area contributed by atoms with Gasteiger partial charge >= 0.3 is 17.9 Å². The Bertz CT molecular complexity index is 1030. The number of nitrogens with two attached hydrogens (primary N) is 1. The highest BCUT2D eigenvalue weighted by atomic mass is 16.4. The molecule has 39 heavy (non-hydrogen) atoms. The highest BCUT2D eigenvalue weighted by Gasteiger charge is 2.31. The normalized spacial score (nSPS) is 13.9. The molecule has 3 amide bonds. The fourth-order valence-corrected chi connectivity index (χ4v) is 3.54. The third kappa shape index (κ3) is 12.7. The largest absolute Gasteiger partial charge is 0.508 e. The van der Waals surface area contributed by atoms with Crippen molar-refractivity contribution in [2.75, 3.05) is 0 Å². The van der Waals surface area contributed by atoms with E-state index >= 15 is 0 Å². The molecule has 0 radical (unpaired) electrons. The summed E-state index contributed by atoms with van der Waals surface area (Å²) in [6, 6.07) is 0.496. The van der Waals surface area contributed by atoms with E-state index in [2.05, 4.69) is 16.0 Å². The van der Waals surface area contributed by atoms with E-state index in [4.69, 9.17) is 15.9 Å². The fraction of sp³-hybridized carbons (Fsp3) is 0.520. The van der Waals surface area contributed by atoms with Crippen LogP contribution in [0.3, 0.4) is 0 Å². The van der Waals surface area contributed by atoms with Crippen molar-refractivity contribution in [3.8, 4) is 5.75 Å². The van der Waals surface area contributed by atoms with Crippen molar-refractivity contribution >= 4 is 35.6 Å². The number of hydrogen-bond donors (Lipinski definition) is 8. The number of carboxylic acids is 3. The minimum atomic E-state index is -1.40. The molecule has 1 aromatic rings. The van der Waals surface area contributed by atoms with Crippen LogP contribution in [0.5, 0.6) is 5.75 Å². The number of nitrogens with one attached hydrogen (secondary N) is 3. The number of phenols is 1. The summed E-state index contributed by atoms with van der Waals surface area (Å²) in [6.07, 6.45) is -1.46. The van der Waals surface area contributed by atoms with Gasteiger partial charge in [0.15, 0.2) is 0 Å². The molecule has 216 valence electrons. The molecule has 0 saturated carbocycles. The van der Waals surface area contributed by atoms with Crippen LogP contribution < -0.4 is 21.7 Å². The van der Waals surface area contributed by atoms with Gasteiger partial charge in [-0.15, -0.1) is 0 Å². The van der Waals surface area contributed by atoms with Crippen LogP contribution in [0.2, 0.25) is 0 Å². The number of rotatable bonds is 17. The Labute approximate surface area is 225 Å². The number of aromatic hydroxyl groups is 1. The van der Waals surface area contributed by atoms with E-state index in [-0.39, 0.29) is 37.4 Å². The van der Waals surface area contributed by atoms with Gasteiger partial charge in [0.2, 0.25) is 17.7 Å². The number of carboxylic acid groups (broad SMARTS) is 3. The van der Waals surface area contributed by atoms with Crippen molar-refractivity contribution < 1.29 is 49.2 Å². The van der Waals surface area contributed by atoms with Gasteiger partial charge < -0.3 is 42.1 Å². The fourth-order valence-electron chi connectivity index (χ4n) is 3.54. The molecule has 14 heteroatoms. The van der Waals surface area contributed by atoms with E-state index in [1.165, 1.54) is 24.3 Å². The number of benzene rings is 1. The van der Waals surface area contributed by atoms with Crippen LogP contribution in [0.4, 0.5) is 0 Å². The van der Waals surface area contributed by atoms with E-state index in [0.717, 1.165) is 0 Å². The molecule has 0 aliphatic heterocycles. The molecule has 0 aliphatic carbocycles. The summed E-state index contributed by atoms with van der Waals surface area (Å²) in [7, 11) is 0. The number of phenolic OH excluding ortho intramolecular Hbond substituents is 1. The number of amides is 3. The zero-order valence-corrected chi connectivity index (χ0v) is 21.8. The third-order valence-electron chi connectivity index (χ3n) is 5.62. The summed E-state index contributed by atoms with van der Waals surface area (Å²) in [5, 5.41) is 44.0. The average molecular weight is 553 g/mol. The first-order chi connectivity index (χ1) is 18.2. The van der Waals surface area contributed by atoms with Crippen LogP contribution in [0.25, 0.3) is 0 Å². The van der Waals surface area contributed by atoms with Crippen molar-refractivity contribution in [1.29, 1.82) is 0 Å². The number of carbonyl (C=O) groups excluding carboxylic acids is 3. The lowest BCUT2D eigenvalue weighted by molar-refractivity contribution is -0.142. The summed E-state index contributed by atoms with van der Waals surface area (Å²) < 4.78 is 0. The maximum absolute atomic E-state index is 13.1. The molecule has 4 atom stereocenters. The Kier molecular flexibility index (Phi) is 13.4. The maximum atomic E-state index is 13.1. The lowest BCUT2D eigenvalue weighted by Gasteiger charge is -2.26. The van der Waals surface area contributed by atoms with Crippen LogP contribution in [0.15, 0.2) is 24.3 Å². The summed E-state index contributed by atoms with van der Waals surface area (Å²) in [6.45, 7) is 3.53. The summed E-state index contributed by atoms with van der Waals surface area (Å²) >= 11 is 0. The van der Waals surface area contributed by atoms with E-state index in [0.29, 0.717) is 5.56 Å². The van der Waals surface area contributed by atoms with Crippen molar-refractivity contribution in [3.05, 3.63) is 29.8 Å². The van der Waals surface area contributed by atoms with Crippen LogP contribution in [0.1, 0.15) is 51.5 Å². The number of hydrogen-bond acceptors (Lipinski definition) is 8. The molecular weight excluding hydrogens is 516 g/mol. The van der Waals surface area contributed by atoms with Crippen LogP contribution in [-0.4, -0.2) is 80.2 Å². The minimum Gasteiger partial charge on any atom is -0.508 e. The zero-order valence-electron chi connectivity index (χ0n) is 21.8. The van der Waals surface area contributed by atoms with E-state index in [1.54, 1.807) is 13.8 Å². The number of aliphatic carboxylic acids is 3. The molecule has 0 bridgehead atoms. The maximum Gasteiger partial charge on any atom is 0.326 e. The highest BCUT2D eigenvalue weighted by Crippen LogP contribution is 2.13. The molecule has 9 N–H and O–H groups in total. The second kappa shape index (κ2) is 15.9. The standard InChI is InChI=1S/C25H36N4O10/c1-13(2)11-18(24(37)29-19(25(38)39)12-14-3-5-15(30)6-4-14)28-23(36)17(8-10-21(33)34)27-22(35)16(26)7-9-20(31)32/h3-6,13,16-19,30H,7-12,26H2,1-2H3,(H,27,35)(H,28,36)(H,29,37)(H,31,32)(H,33,34)(H,38,39). The van der Waals surface area contributed by atoms with Gasteiger partial charge in [0.25, 0.3) is 0 Å². The lowest BCUT2D eigenvalue weighted by Crippen LogP contribution is -2.57. The first kappa shape index (κ1) is 32.8. The van der Waals surface area contributed by atoms with Gasteiger partial charge in [0.05, 0.1) is 6.04 Å². The summed E-state index contributed by atoms with van der Waals surface area (Å²) in [5.74, 6) is -6.44. The Balaban J connectivity index is 3.03. The lowest BCUT2D eigenvalue weighted by atomic mass is 10.0. The SMILES string of the molecule is CC(C)CC(NC(=O)C(CCC(=O)O)NC(=O)C(N)CCC(=O)O)C(=O)NC(Cc1ccc(O)cc1)C(=O)O. The third-order valence-corrected chi connectivity index (χ3v) is 5.62. The van der Waals surface area contributed by atoms with Gasteiger partial charge in [-0.25, -0.2) is 4.79 Å². The predicted octanol–water partition coefficient (Wildman–Crippen LogP) is -0.423. The molecule has 0 heterocycles. The van der Waals surface area contributed by atoms with Gasteiger partial charge in [0.1, 0.15) is 23.9 Å². The molecule has 14 nitrogen and oxygen atoms in total. The van der Waals surface area contributed by atoms with Gasteiger partial charge in [-0.1, -0.05) is 26.0 Å². The van der Waals surface area contributed by atoms with Crippen molar-refractivity contribution in [3.63, 3.8) is 0 Å². The molecule has 0 aromatic heterocycles. The molecule has 4 unspecified atom stereocenters. The second-order valence-corrected chi connectivity index (χ2v) is 9.49. The van der Waals surface area contributed by atoms with E-state index in [1.807, 2.05) is 0 Å². The van der Waals surface area contributed by atoms with Crippen molar-refractivity contribution in [2.45, 2.75) is 76.5 Å². The minimum absolute atomic E-state index is 0.0123. The highest BCUT2D eigenvalue weighted by molar-refractivity contribution is 5.94. The first-order valence-electron chi connectivity index (χ1n) is 12.3. The van der Waals surface area contributed by atoms with E-state index in [9.17, 15) is 39.0 Å². The quantitative estimate of drug-likeness (QED) is 0.123. The summed E-state index contributed by atoms with van der Waals surface area (Å²) in [4.78, 5) is 72.1. The molecule has 0 spiro atoms. The predicted molar refractivity (Wildman–Crippen MR) is 136 cm³/mol. The van der Waals surface area contributed by atoms with Gasteiger partial charge in [-0.2, -0.15) is 0 Å². The van der Waals surface area contributed by atoms with E-state index < -0.39 is 72.6 Å². The molecule has 0 aliphatic rings. The number of carbonyl (C=O) groups is 6. The van der Waals surface area contributed by atoms with Gasteiger partial charge in [-0.05, 0) is 42.9 Å². The zero-order chi connectivity index (χ0) is 29.7. The average Bonchev–Trinajstić information content (AvgIpc) is 2.84. The molecular formula is C25H36N4O10. The Morgan fingerprint density at radius 2 is 1.23 bits per heavy atom. The summed E-state index contributed by atoms with van der Waals surface area (Å²) in [5.41, 5.74) is 6.21. The van der Waals surface area contributed by atoms with Crippen molar-refractivity contribution in [1.82, 2.24) is 16.0 Å².